The predicted molar refractivity (Wildman–Crippen MR) is 65.0 cm³/mol. The minimum atomic E-state index is -0.113. The fraction of sp³-hybridized carbons (Fsp3) is 0.571. The first kappa shape index (κ1) is 11.6. The van der Waals surface area contributed by atoms with E-state index in [1.165, 1.54) is 25.3 Å². The van der Waals surface area contributed by atoms with Crippen molar-refractivity contribution in [2.75, 3.05) is 13.1 Å². The Kier molecular flexibility index (Phi) is 3.94. The number of rotatable bonds is 5. The van der Waals surface area contributed by atoms with Crippen LogP contribution in [0.2, 0.25) is 0 Å². The van der Waals surface area contributed by atoms with Gasteiger partial charge >= 0.3 is 0 Å². The highest BCUT2D eigenvalue weighted by Crippen LogP contribution is 2.39. The molecule has 1 aliphatic carbocycles. The number of halogens is 1. The third kappa shape index (κ3) is 2.62. The van der Waals surface area contributed by atoms with Gasteiger partial charge in [-0.3, -0.25) is 0 Å². The summed E-state index contributed by atoms with van der Waals surface area (Å²) < 4.78 is 13.2. The monoisotopic (exact) mass is 221 g/mol. The highest BCUT2D eigenvalue weighted by molar-refractivity contribution is 5.22. The highest BCUT2D eigenvalue weighted by atomic mass is 19.1. The van der Waals surface area contributed by atoms with E-state index in [1.54, 1.807) is 6.07 Å². The second-order valence-electron chi connectivity index (χ2n) is 4.66. The molecule has 1 saturated carbocycles. The van der Waals surface area contributed by atoms with Gasteiger partial charge in [0.25, 0.3) is 0 Å². The maximum Gasteiger partial charge on any atom is 0.123 e. The van der Waals surface area contributed by atoms with Gasteiger partial charge in [0.15, 0.2) is 0 Å². The average Bonchev–Trinajstić information content (AvgIpc) is 2.21. The molecule has 1 fully saturated rings. The second-order valence-corrected chi connectivity index (χ2v) is 4.66. The molecule has 2 heteroatoms. The molecule has 0 spiro atoms. The molecule has 0 bridgehead atoms. The van der Waals surface area contributed by atoms with Crippen LogP contribution in [0.5, 0.6) is 0 Å². The Morgan fingerprint density at radius 1 is 1.44 bits per heavy atom. The molecule has 1 N–H and O–H groups in total. The summed E-state index contributed by atoms with van der Waals surface area (Å²) in [5, 5.41) is 3.39. The van der Waals surface area contributed by atoms with Crippen molar-refractivity contribution in [3.8, 4) is 0 Å². The van der Waals surface area contributed by atoms with Gasteiger partial charge in [-0.25, -0.2) is 4.39 Å². The van der Waals surface area contributed by atoms with Gasteiger partial charge in [0.05, 0.1) is 0 Å². The Hall–Kier alpha value is -0.890. The molecule has 2 rings (SSSR count). The molecule has 1 aliphatic rings. The van der Waals surface area contributed by atoms with Crippen LogP contribution in [0, 0.1) is 11.7 Å². The maximum absolute atomic E-state index is 13.2. The fourth-order valence-corrected chi connectivity index (χ4v) is 2.44. The molecule has 0 heterocycles. The summed E-state index contributed by atoms with van der Waals surface area (Å²) in [5.41, 5.74) is 1.16. The lowest BCUT2D eigenvalue weighted by Gasteiger charge is -2.34. The van der Waals surface area contributed by atoms with E-state index in [-0.39, 0.29) is 5.82 Å². The largest absolute Gasteiger partial charge is 0.316 e. The van der Waals surface area contributed by atoms with Gasteiger partial charge in [-0.15, -0.1) is 0 Å². The Balaban J connectivity index is 2.10. The summed E-state index contributed by atoms with van der Waals surface area (Å²) in [6.45, 7) is 4.08. The van der Waals surface area contributed by atoms with Crippen LogP contribution in [-0.2, 0) is 0 Å². The maximum atomic E-state index is 13.2. The molecule has 88 valence electrons. The topological polar surface area (TPSA) is 12.0 Å². The van der Waals surface area contributed by atoms with Gasteiger partial charge in [0.1, 0.15) is 5.82 Å². The lowest BCUT2D eigenvalue weighted by molar-refractivity contribution is 0.255. The van der Waals surface area contributed by atoms with Gasteiger partial charge in [-0.1, -0.05) is 25.5 Å². The normalized spacial score (nSPS) is 18.1. The van der Waals surface area contributed by atoms with Crippen LogP contribution in [0.3, 0.4) is 0 Å². The summed E-state index contributed by atoms with van der Waals surface area (Å²) in [6, 6.07) is 7.10. The Morgan fingerprint density at radius 3 is 2.81 bits per heavy atom. The van der Waals surface area contributed by atoms with Crippen molar-refractivity contribution >= 4 is 0 Å². The predicted octanol–water partition coefficient (Wildman–Crippen LogP) is 3.32. The van der Waals surface area contributed by atoms with Crippen LogP contribution in [-0.4, -0.2) is 13.1 Å². The molecule has 0 saturated heterocycles. The first-order valence-electron chi connectivity index (χ1n) is 6.27. The second kappa shape index (κ2) is 5.44. The van der Waals surface area contributed by atoms with Crippen molar-refractivity contribution in [3.05, 3.63) is 35.6 Å². The first-order valence-corrected chi connectivity index (χ1v) is 6.27. The number of hydrogen-bond acceptors (Lipinski definition) is 1. The number of nitrogens with one attached hydrogen (secondary N) is 1. The molecule has 0 aromatic heterocycles. The zero-order chi connectivity index (χ0) is 11.4. The quantitative estimate of drug-likeness (QED) is 0.804. The molecule has 1 unspecified atom stereocenters. The van der Waals surface area contributed by atoms with Crippen LogP contribution in [0.25, 0.3) is 0 Å². The molecular formula is C14H20FN. The number of hydrogen-bond donors (Lipinski definition) is 1. The van der Waals surface area contributed by atoms with Gasteiger partial charge < -0.3 is 5.32 Å². The lowest BCUT2D eigenvalue weighted by Crippen LogP contribution is -2.30. The molecule has 1 atom stereocenters. The Bertz CT molecular complexity index is 333. The van der Waals surface area contributed by atoms with Gasteiger partial charge in [-0.05, 0) is 48.9 Å². The van der Waals surface area contributed by atoms with Crippen LogP contribution in [0.15, 0.2) is 24.3 Å². The number of likely N-dealkylation sites (N-methyl/N-ethyl adjacent to an activating group) is 1. The minimum Gasteiger partial charge on any atom is -0.316 e. The smallest absolute Gasteiger partial charge is 0.123 e. The third-order valence-electron chi connectivity index (χ3n) is 3.61. The fourth-order valence-electron chi connectivity index (χ4n) is 2.44. The summed E-state index contributed by atoms with van der Waals surface area (Å²) in [7, 11) is 0. The molecule has 0 amide bonds. The van der Waals surface area contributed by atoms with E-state index in [2.05, 4.69) is 18.3 Å². The van der Waals surface area contributed by atoms with Crippen LogP contribution in [0.4, 0.5) is 4.39 Å². The Labute approximate surface area is 97.1 Å². The first-order chi connectivity index (χ1) is 7.81. The van der Waals surface area contributed by atoms with Gasteiger partial charge in [0.2, 0.25) is 0 Å². The van der Waals surface area contributed by atoms with Crippen molar-refractivity contribution < 1.29 is 4.39 Å². The highest BCUT2D eigenvalue weighted by Gasteiger charge is 2.28. The average molecular weight is 221 g/mol. The molecular weight excluding hydrogens is 201 g/mol. The van der Waals surface area contributed by atoms with Crippen molar-refractivity contribution in [1.29, 1.82) is 0 Å². The van der Waals surface area contributed by atoms with Gasteiger partial charge in [-0.2, -0.15) is 0 Å². The Morgan fingerprint density at radius 2 is 2.25 bits per heavy atom. The van der Waals surface area contributed by atoms with Crippen molar-refractivity contribution in [2.45, 2.75) is 32.1 Å². The SMILES string of the molecule is CCNCC(c1cccc(F)c1)C1CCC1. The summed E-state index contributed by atoms with van der Waals surface area (Å²) in [6.07, 6.45) is 3.93. The van der Waals surface area contributed by atoms with Crippen LogP contribution >= 0.6 is 0 Å². The molecule has 16 heavy (non-hydrogen) atoms. The molecule has 1 aromatic rings. The summed E-state index contributed by atoms with van der Waals surface area (Å²) in [4.78, 5) is 0. The van der Waals surface area contributed by atoms with E-state index in [4.69, 9.17) is 0 Å². The van der Waals surface area contributed by atoms with E-state index in [0.717, 1.165) is 24.6 Å². The van der Waals surface area contributed by atoms with E-state index < -0.39 is 0 Å². The number of benzene rings is 1. The van der Waals surface area contributed by atoms with Gasteiger partial charge in [0, 0.05) is 6.54 Å². The van der Waals surface area contributed by atoms with Crippen molar-refractivity contribution in [3.63, 3.8) is 0 Å². The van der Waals surface area contributed by atoms with E-state index >= 15 is 0 Å². The third-order valence-corrected chi connectivity index (χ3v) is 3.61. The standard InChI is InChI=1S/C14H20FN/c1-2-16-10-14(11-5-3-6-11)12-7-4-8-13(15)9-12/h4,7-9,11,14,16H,2-3,5-6,10H2,1H3. The molecule has 0 aliphatic heterocycles. The minimum absolute atomic E-state index is 0.113. The summed E-state index contributed by atoms with van der Waals surface area (Å²) in [5.74, 6) is 1.13. The van der Waals surface area contributed by atoms with Crippen molar-refractivity contribution in [1.82, 2.24) is 5.32 Å². The molecule has 1 aromatic carbocycles. The van der Waals surface area contributed by atoms with E-state index in [1.807, 2.05) is 6.07 Å². The van der Waals surface area contributed by atoms with Crippen LogP contribution in [0.1, 0.15) is 37.7 Å². The van der Waals surface area contributed by atoms with Crippen LogP contribution < -0.4 is 5.32 Å². The zero-order valence-electron chi connectivity index (χ0n) is 9.88. The molecule has 0 radical (unpaired) electrons. The zero-order valence-corrected chi connectivity index (χ0v) is 9.88. The van der Waals surface area contributed by atoms with Crippen molar-refractivity contribution in [2.24, 2.45) is 5.92 Å². The van der Waals surface area contributed by atoms with E-state index in [9.17, 15) is 4.39 Å². The summed E-state index contributed by atoms with van der Waals surface area (Å²) >= 11 is 0. The van der Waals surface area contributed by atoms with E-state index in [0.29, 0.717) is 5.92 Å². The molecule has 1 nitrogen and oxygen atoms in total. The lowest BCUT2D eigenvalue weighted by atomic mass is 9.73.